The monoisotopic (exact) mass is 388 g/mol. The minimum absolute atomic E-state index is 0.00736. The van der Waals surface area contributed by atoms with Crippen LogP contribution >= 0.6 is 23.5 Å². The molecule has 1 amide bonds. The van der Waals surface area contributed by atoms with Gasteiger partial charge in [0.2, 0.25) is 5.91 Å². The number of hydrogen-bond acceptors (Lipinski definition) is 6. The number of carbonyl (C=O) groups excluding carboxylic acids is 1. The molecule has 2 heterocycles. The highest BCUT2D eigenvalue weighted by Gasteiger charge is 2.10. The average Bonchev–Trinajstić information content (AvgIpc) is 3.31. The SMILES string of the molecule is Cc1ccc(SCCNC(=O)CSc2nncn2Cc2ccco2)cc1. The minimum atomic E-state index is -0.00736. The predicted molar refractivity (Wildman–Crippen MR) is 103 cm³/mol. The van der Waals surface area contributed by atoms with Crippen LogP contribution in [0.4, 0.5) is 0 Å². The largest absolute Gasteiger partial charge is 0.467 e. The fourth-order valence-electron chi connectivity index (χ4n) is 2.21. The molecule has 1 N–H and O–H groups in total. The van der Waals surface area contributed by atoms with Crippen molar-refractivity contribution in [2.24, 2.45) is 0 Å². The summed E-state index contributed by atoms with van der Waals surface area (Å²) in [6.45, 7) is 3.26. The smallest absolute Gasteiger partial charge is 0.230 e. The Balaban J connectivity index is 1.36. The van der Waals surface area contributed by atoms with Gasteiger partial charge in [0.05, 0.1) is 18.6 Å². The Morgan fingerprint density at radius 1 is 1.23 bits per heavy atom. The molecule has 0 atom stereocenters. The molecular weight excluding hydrogens is 368 g/mol. The van der Waals surface area contributed by atoms with Gasteiger partial charge in [0.15, 0.2) is 5.16 Å². The molecule has 3 rings (SSSR count). The standard InChI is InChI=1S/C18H20N4O2S2/c1-14-4-6-16(7-5-14)25-10-8-19-17(23)12-26-18-21-20-13-22(18)11-15-3-2-9-24-15/h2-7,9,13H,8,10-12H2,1H3,(H,19,23). The molecule has 0 aliphatic rings. The number of furan rings is 1. The molecule has 6 nitrogen and oxygen atoms in total. The first-order valence-electron chi connectivity index (χ1n) is 8.20. The van der Waals surface area contributed by atoms with E-state index in [1.807, 2.05) is 16.7 Å². The molecule has 0 aliphatic heterocycles. The van der Waals surface area contributed by atoms with Crippen LogP contribution in [-0.2, 0) is 11.3 Å². The third-order valence-electron chi connectivity index (χ3n) is 3.53. The summed E-state index contributed by atoms with van der Waals surface area (Å²) >= 11 is 3.10. The lowest BCUT2D eigenvalue weighted by Gasteiger charge is -2.06. The van der Waals surface area contributed by atoms with Crippen LogP contribution in [0.3, 0.4) is 0 Å². The number of nitrogens with one attached hydrogen (secondary N) is 1. The molecular formula is C18H20N4O2S2. The highest BCUT2D eigenvalue weighted by molar-refractivity contribution is 7.99. The van der Waals surface area contributed by atoms with Gasteiger partial charge in [-0.25, -0.2) is 0 Å². The number of nitrogens with zero attached hydrogens (tertiary/aromatic N) is 3. The third kappa shape index (κ3) is 5.67. The van der Waals surface area contributed by atoms with Crippen LogP contribution in [0.25, 0.3) is 0 Å². The normalized spacial score (nSPS) is 10.8. The van der Waals surface area contributed by atoms with Gasteiger partial charge in [0.25, 0.3) is 0 Å². The van der Waals surface area contributed by atoms with E-state index in [0.717, 1.165) is 11.5 Å². The van der Waals surface area contributed by atoms with E-state index in [2.05, 4.69) is 46.7 Å². The summed E-state index contributed by atoms with van der Waals surface area (Å²) in [6, 6.07) is 12.1. The number of hydrogen-bond donors (Lipinski definition) is 1. The Hall–Kier alpha value is -2.19. The second-order valence-corrected chi connectivity index (χ2v) is 7.73. The molecule has 26 heavy (non-hydrogen) atoms. The molecule has 136 valence electrons. The lowest BCUT2D eigenvalue weighted by molar-refractivity contribution is -0.118. The lowest BCUT2D eigenvalue weighted by Crippen LogP contribution is -2.27. The highest BCUT2D eigenvalue weighted by Crippen LogP contribution is 2.18. The van der Waals surface area contributed by atoms with Crippen LogP contribution in [0.15, 0.2) is 63.5 Å². The average molecular weight is 389 g/mol. The topological polar surface area (TPSA) is 73.0 Å². The van der Waals surface area contributed by atoms with Crippen molar-refractivity contribution in [3.05, 3.63) is 60.3 Å². The fraction of sp³-hybridized carbons (Fsp3) is 0.278. The van der Waals surface area contributed by atoms with E-state index in [4.69, 9.17) is 4.42 Å². The van der Waals surface area contributed by atoms with Crippen molar-refractivity contribution in [1.82, 2.24) is 20.1 Å². The van der Waals surface area contributed by atoms with E-state index in [0.29, 0.717) is 24.0 Å². The van der Waals surface area contributed by atoms with Gasteiger partial charge in [-0.05, 0) is 31.2 Å². The predicted octanol–water partition coefficient (Wildman–Crippen LogP) is 3.23. The van der Waals surface area contributed by atoms with Crippen LogP contribution in [0.2, 0.25) is 0 Å². The summed E-state index contributed by atoms with van der Waals surface area (Å²) in [5.74, 6) is 1.97. The maximum Gasteiger partial charge on any atom is 0.230 e. The summed E-state index contributed by atoms with van der Waals surface area (Å²) in [5, 5.41) is 11.6. The number of benzene rings is 1. The van der Waals surface area contributed by atoms with Gasteiger partial charge >= 0.3 is 0 Å². The zero-order valence-corrected chi connectivity index (χ0v) is 16.1. The quantitative estimate of drug-likeness (QED) is 0.448. The molecule has 0 saturated heterocycles. The van der Waals surface area contributed by atoms with E-state index in [-0.39, 0.29) is 5.91 Å². The van der Waals surface area contributed by atoms with Crippen molar-refractivity contribution in [2.45, 2.75) is 23.5 Å². The second kappa shape index (κ2) is 9.49. The molecule has 0 bridgehead atoms. The van der Waals surface area contributed by atoms with Gasteiger partial charge in [0.1, 0.15) is 12.1 Å². The fourth-order valence-corrected chi connectivity index (χ4v) is 3.72. The van der Waals surface area contributed by atoms with Crippen molar-refractivity contribution < 1.29 is 9.21 Å². The van der Waals surface area contributed by atoms with Crippen LogP contribution < -0.4 is 5.32 Å². The molecule has 3 aromatic rings. The van der Waals surface area contributed by atoms with E-state index in [1.54, 1.807) is 24.4 Å². The Bertz CT molecular complexity index is 816. The molecule has 8 heteroatoms. The van der Waals surface area contributed by atoms with Gasteiger partial charge < -0.3 is 14.3 Å². The minimum Gasteiger partial charge on any atom is -0.467 e. The molecule has 0 saturated carbocycles. The van der Waals surface area contributed by atoms with Gasteiger partial charge in [-0.15, -0.1) is 22.0 Å². The van der Waals surface area contributed by atoms with Crippen molar-refractivity contribution in [1.29, 1.82) is 0 Å². The molecule has 0 aliphatic carbocycles. The Labute approximate surface area is 160 Å². The van der Waals surface area contributed by atoms with Gasteiger partial charge in [-0.1, -0.05) is 29.5 Å². The summed E-state index contributed by atoms with van der Waals surface area (Å²) in [6.07, 6.45) is 3.27. The second-order valence-electron chi connectivity index (χ2n) is 5.62. The number of thioether (sulfide) groups is 2. The van der Waals surface area contributed by atoms with E-state index < -0.39 is 0 Å². The zero-order chi connectivity index (χ0) is 18.2. The zero-order valence-electron chi connectivity index (χ0n) is 14.4. The van der Waals surface area contributed by atoms with E-state index in [9.17, 15) is 4.79 Å². The summed E-state index contributed by atoms with van der Waals surface area (Å²) in [4.78, 5) is 13.2. The van der Waals surface area contributed by atoms with Crippen LogP contribution in [-0.4, -0.2) is 38.7 Å². The van der Waals surface area contributed by atoms with Crippen LogP contribution in [0, 0.1) is 6.92 Å². The van der Waals surface area contributed by atoms with Crippen LogP contribution in [0.5, 0.6) is 0 Å². The lowest BCUT2D eigenvalue weighted by atomic mass is 10.2. The number of carbonyl (C=O) groups is 1. The van der Waals surface area contributed by atoms with Crippen molar-refractivity contribution in [2.75, 3.05) is 18.1 Å². The maximum absolute atomic E-state index is 12.0. The maximum atomic E-state index is 12.0. The number of aromatic nitrogens is 3. The Morgan fingerprint density at radius 3 is 2.85 bits per heavy atom. The highest BCUT2D eigenvalue weighted by atomic mass is 32.2. The van der Waals surface area contributed by atoms with Gasteiger partial charge in [0, 0.05) is 17.2 Å². The van der Waals surface area contributed by atoms with Crippen molar-refractivity contribution >= 4 is 29.4 Å². The molecule has 0 fully saturated rings. The molecule has 1 aromatic carbocycles. The first kappa shape index (κ1) is 18.6. The van der Waals surface area contributed by atoms with Crippen LogP contribution in [0.1, 0.15) is 11.3 Å². The molecule has 0 spiro atoms. The third-order valence-corrected chi connectivity index (χ3v) is 5.53. The Morgan fingerprint density at radius 2 is 2.08 bits per heavy atom. The summed E-state index contributed by atoms with van der Waals surface area (Å²) < 4.78 is 7.19. The first-order valence-corrected chi connectivity index (χ1v) is 10.2. The first-order chi connectivity index (χ1) is 12.7. The van der Waals surface area contributed by atoms with Gasteiger partial charge in [-0.2, -0.15) is 0 Å². The Kier molecular flexibility index (Phi) is 6.79. The van der Waals surface area contributed by atoms with Crippen molar-refractivity contribution in [3.63, 3.8) is 0 Å². The van der Waals surface area contributed by atoms with Gasteiger partial charge in [-0.3, -0.25) is 4.79 Å². The summed E-state index contributed by atoms with van der Waals surface area (Å²) in [5.41, 5.74) is 1.25. The summed E-state index contributed by atoms with van der Waals surface area (Å²) in [7, 11) is 0. The van der Waals surface area contributed by atoms with Crippen molar-refractivity contribution in [3.8, 4) is 0 Å². The number of rotatable bonds is 9. The molecule has 0 radical (unpaired) electrons. The van der Waals surface area contributed by atoms with E-state index >= 15 is 0 Å². The number of aryl methyl sites for hydroxylation is 1. The molecule has 0 unspecified atom stereocenters. The number of amides is 1. The van der Waals surface area contributed by atoms with E-state index in [1.165, 1.54) is 22.2 Å². The molecule has 2 aromatic heterocycles.